The highest BCUT2D eigenvalue weighted by atomic mass is 16.2. The van der Waals surface area contributed by atoms with Gasteiger partial charge in [0.15, 0.2) is 0 Å². The van der Waals surface area contributed by atoms with Crippen LogP contribution in [0.25, 0.3) is 0 Å². The van der Waals surface area contributed by atoms with Crippen molar-refractivity contribution in [2.45, 2.75) is 26.2 Å². The normalized spacial score (nSPS) is 16.2. The summed E-state index contributed by atoms with van der Waals surface area (Å²) in [6.07, 6.45) is 1.93. The number of hydrogen-bond acceptors (Lipinski definition) is 3. The van der Waals surface area contributed by atoms with Gasteiger partial charge in [0.05, 0.1) is 12.3 Å². The van der Waals surface area contributed by atoms with Gasteiger partial charge >= 0.3 is 0 Å². The lowest BCUT2D eigenvalue weighted by atomic mass is 9.96. The van der Waals surface area contributed by atoms with Gasteiger partial charge in [0.25, 0.3) is 5.91 Å². The molecule has 1 saturated heterocycles. The van der Waals surface area contributed by atoms with Crippen LogP contribution in [-0.4, -0.2) is 42.3 Å². The Morgan fingerprint density at radius 3 is 2.45 bits per heavy atom. The van der Waals surface area contributed by atoms with Crippen LogP contribution in [0.5, 0.6) is 0 Å². The Bertz CT molecular complexity index is 849. The third-order valence-corrected chi connectivity index (χ3v) is 5.10. The lowest BCUT2D eigenvalue weighted by Crippen LogP contribution is -2.44. The molecule has 0 spiro atoms. The van der Waals surface area contributed by atoms with Gasteiger partial charge < -0.3 is 15.5 Å². The monoisotopic (exact) mass is 393 g/mol. The van der Waals surface area contributed by atoms with Gasteiger partial charge in [-0.05, 0) is 49.6 Å². The molecule has 0 bridgehead atoms. The third kappa shape index (κ3) is 5.67. The Kier molecular flexibility index (Phi) is 7.00. The highest BCUT2D eigenvalue weighted by Gasteiger charge is 2.28. The predicted octanol–water partition coefficient (Wildman–Crippen LogP) is 2.86. The summed E-state index contributed by atoms with van der Waals surface area (Å²) in [5.74, 6) is -0.398. The van der Waals surface area contributed by atoms with Crippen LogP contribution in [0.4, 0.5) is 5.69 Å². The summed E-state index contributed by atoms with van der Waals surface area (Å²) in [6, 6.07) is 16.5. The summed E-state index contributed by atoms with van der Waals surface area (Å²) in [7, 11) is 0. The molecule has 6 nitrogen and oxygen atoms in total. The van der Waals surface area contributed by atoms with Gasteiger partial charge in [0.1, 0.15) is 0 Å². The number of likely N-dealkylation sites (tertiary alicyclic amines) is 1. The molecule has 2 aromatic carbocycles. The molecule has 2 aromatic rings. The van der Waals surface area contributed by atoms with Crippen LogP contribution in [0.3, 0.4) is 0 Å². The lowest BCUT2D eigenvalue weighted by molar-refractivity contribution is -0.133. The summed E-state index contributed by atoms with van der Waals surface area (Å²) in [6.45, 7) is 3.56. The van der Waals surface area contributed by atoms with E-state index >= 15 is 0 Å². The number of carbonyl (C=O) groups excluding carboxylic acids is 3. The van der Waals surface area contributed by atoms with Crippen LogP contribution in [0.1, 0.15) is 35.7 Å². The Morgan fingerprint density at radius 1 is 1.03 bits per heavy atom. The molecule has 1 aliphatic rings. The number of rotatable bonds is 6. The lowest BCUT2D eigenvalue weighted by Gasteiger charge is -2.32. The van der Waals surface area contributed by atoms with Crippen molar-refractivity contribution in [3.8, 4) is 0 Å². The van der Waals surface area contributed by atoms with E-state index in [4.69, 9.17) is 0 Å². The van der Waals surface area contributed by atoms with E-state index in [2.05, 4.69) is 10.6 Å². The molecule has 0 radical (unpaired) electrons. The summed E-state index contributed by atoms with van der Waals surface area (Å²) in [5, 5.41) is 5.65. The van der Waals surface area contributed by atoms with Crippen molar-refractivity contribution in [2.24, 2.45) is 5.92 Å². The van der Waals surface area contributed by atoms with Crippen LogP contribution in [0, 0.1) is 5.92 Å². The van der Waals surface area contributed by atoms with E-state index in [1.54, 1.807) is 29.2 Å². The average molecular weight is 393 g/mol. The SMILES string of the molecule is CCNC(=O)c1ccc(NC(=O)C2CCCN(C(=O)Cc3ccccc3)C2)cc1. The second kappa shape index (κ2) is 9.87. The summed E-state index contributed by atoms with van der Waals surface area (Å²) in [4.78, 5) is 38.9. The molecule has 3 amide bonds. The maximum atomic E-state index is 12.7. The van der Waals surface area contributed by atoms with Crippen LogP contribution in [-0.2, 0) is 16.0 Å². The van der Waals surface area contributed by atoms with E-state index in [0.717, 1.165) is 18.4 Å². The first-order valence-electron chi connectivity index (χ1n) is 10.1. The van der Waals surface area contributed by atoms with Gasteiger partial charge in [-0.1, -0.05) is 30.3 Å². The molecular formula is C23H27N3O3. The summed E-state index contributed by atoms with van der Waals surface area (Å²) in [5.41, 5.74) is 2.19. The zero-order chi connectivity index (χ0) is 20.6. The largest absolute Gasteiger partial charge is 0.352 e. The van der Waals surface area contributed by atoms with Crippen LogP contribution in [0.2, 0.25) is 0 Å². The van der Waals surface area contributed by atoms with E-state index in [1.807, 2.05) is 37.3 Å². The minimum Gasteiger partial charge on any atom is -0.352 e. The molecule has 1 unspecified atom stereocenters. The topological polar surface area (TPSA) is 78.5 Å². The van der Waals surface area contributed by atoms with Crippen LogP contribution >= 0.6 is 0 Å². The third-order valence-electron chi connectivity index (χ3n) is 5.10. The minimum atomic E-state index is -0.230. The Morgan fingerprint density at radius 2 is 1.76 bits per heavy atom. The van der Waals surface area contributed by atoms with Gasteiger partial charge in [-0.15, -0.1) is 0 Å². The molecule has 2 N–H and O–H groups in total. The highest BCUT2D eigenvalue weighted by molar-refractivity contribution is 5.96. The predicted molar refractivity (Wildman–Crippen MR) is 113 cm³/mol. The molecule has 0 saturated carbocycles. The maximum absolute atomic E-state index is 12.7. The van der Waals surface area contributed by atoms with Gasteiger partial charge in [-0.25, -0.2) is 0 Å². The van der Waals surface area contributed by atoms with Crippen molar-refractivity contribution in [1.82, 2.24) is 10.2 Å². The number of anilines is 1. The average Bonchev–Trinajstić information content (AvgIpc) is 2.75. The molecule has 29 heavy (non-hydrogen) atoms. The van der Waals surface area contributed by atoms with Gasteiger partial charge in [0, 0.05) is 30.9 Å². The van der Waals surface area contributed by atoms with Crippen molar-refractivity contribution in [2.75, 3.05) is 25.0 Å². The van der Waals surface area contributed by atoms with Crippen molar-refractivity contribution in [3.05, 3.63) is 65.7 Å². The molecule has 6 heteroatoms. The summed E-state index contributed by atoms with van der Waals surface area (Å²) < 4.78 is 0. The molecule has 1 fully saturated rings. The van der Waals surface area contributed by atoms with E-state index in [-0.39, 0.29) is 23.6 Å². The molecular weight excluding hydrogens is 366 g/mol. The fraction of sp³-hybridized carbons (Fsp3) is 0.348. The molecule has 3 rings (SSSR count). The first kappa shape index (κ1) is 20.6. The van der Waals surface area contributed by atoms with Crippen molar-refractivity contribution < 1.29 is 14.4 Å². The van der Waals surface area contributed by atoms with E-state index in [9.17, 15) is 14.4 Å². The second-order valence-electron chi connectivity index (χ2n) is 7.27. The summed E-state index contributed by atoms with van der Waals surface area (Å²) >= 11 is 0. The van der Waals surface area contributed by atoms with Gasteiger partial charge in [0.2, 0.25) is 11.8 Å². The van der Waals surface area contributed by atoms with E-state index in [1.165, 1.54) is 0 Å². The molecule has 1 heterocycles. The smallest absolute Gasteiger partial charge is 0.251 e. The molecule has 152 valence electrons. The number of nitrogens with zero attached hydrogens (tertiary/aromatic N) is 1. The number of amides is 3. The standard InChI is InChI=1S/C23H27N3O3/c1-2-24-22(28)18-10-12-20(13-11-18)25-23(29)19-9-6-14-26(16-19)21(27)15-17-7-4-3-5-8-17/h3-5,7-8,10-13,19H,2,6,9,14-16H2,1H3,(H,24,28)(H,25,29). The maximum Gasteiger partial charge on any atom is 0.251 e. The zero-order valence-electron chi connectivity index (χ0n) is 16.7. The van der Waals surface area contributed by atoms with Crippen molar-refractivity contribution >= 4 is 23.4 Å². The first-order valence-corrected chi connectivity index (χ1v) is 10.1. The van der Waals surface area contributed by atoms with Crippen molar-refractivity contribution in [3.63, 3.8) is 0 Å². The Labute approximate surface area is 171 Å². The quantitative estimate of drug-likeness (QED) is 0.792. The zero-order valence-corrected chi connectivity index (χ0v) is 16.7. The molecule has 0 aromatic heterocycles. The molecule has 1 atom stereocenters. The van der Waals surface area contributed by atoms with E-state index < -0.39 is 0 Å². The minimum absolute atomic E-state index is 0.0555. The van der Waals surface area contributed by atoms with Crippen molar-refractivity contribution in [1.29, 1.82) is 0 Å². The number of carbonyl (C=O) groups is 3. The van der Waals surface area contributed by atoms with E-state index in [0.29, 0.717) is 37.3 Å². The number of hydrogen-bond donors (Lipinski definition) is 2. The van der Waals surface area contributed by atoms with Gasteiger partial charge in [-0.2, -0.15) is 0 Å². The Hall–Kier alpha value is -3.15. The highest BCUT2D eigenvalue weighted by Crippen LogP contribution is 2.20. The number of benzene rings is 2. The molecule has 0 aliphatic carbocycles. The van der Waals surface area contributed by atoms with Gasteiger partial charge in [-0.3, -0.25) is 14.4 Å². The molecule has 1 aliphatic heterocycles. The van der Waals surface area contributed by atoms with Crippen LogP contribution in [0.15, 0.2) is 54.6 Å². The number of piperidine rings is 1. The fourth-order valence-electron chi connectivity index (χ4n) is 3.51. The Balaban J connectivity index is 1.55. The second-order valence-corrected chi connectivity index (χ2v) is 7.27. The van der Waals surface area contributed by atoms with Crippen LogP contribution < -0.4 is 10.6 Å². The fourth-order valence-corrected chi connectivity index (χ4v) is 3.51. The number of nitrogens with one attached hydrogen (secondary N) is 2. The first-order chi connectivity index (χ1) is 14.1.